The van der Waals surface area contributed by atoms with Crippen LogP contribution in [0.4, 0.5) is 4.39 Å². The Morgan fingerprint density at radius 1 is 0.806 bits per heavy atom. The van der Waals surface area contributed by atoms with E-state index < -0.39 is 0 Å². The van der Waals surface area contributed by atoms with E-state index in [9.17, 15) is 9.18 Å². The van der Waals surface area contributed by atoms with Gasteiger partial charge in [0.1, 0.15) is 11.9 Å². The Balaban J connectivity index is 1.35. The van der Waals surface area contributed by atoms with E-state index in [-0.39, 0.29) is 17.9 Å². The topological polar surface area (TPSA) is 35.5 Å². The van der Waals surface area contributed by atoms with E-state index in [0.717, 1.165) is 49.8 Å². The lowest BCUT2D eigenvalue weighted by atomic mass is 9.95. The maximum atomic E-state index is 13.1. The molecule has 0 atom stereocenters. The SMILES string of the molecule is CCCCCCCCO[C@H]1CC[C@H](OC(=O)c2ccc(-c3ccc(F)cc3)cc2)CC1. The molecule has 0 aromatic heterocycles. The number of hydrogen-bond acceptors (Lipinski definition) is 3. The van der Waals surface area contributed by atoms with Crippen LogP contribution in [0.25, 0.3) is 11.1 Å². The zero-order valence-corrected chi connectivity index (χ0v) is 18.7. The van der Waals surface area contributed by atoms with Crippen molar-refractivity contribution in [3.05, 3.63) is 59.9 Å². The zero-order valence-electron chi connectivity index (χ0n) is 18.7. The van der Waals surface area contributed by atoms with Crippen molar-refractivity contribution in [2.45, 2.75) is 83.3 Å². The number of ether oxygens (including phenoxy) is 2. The lowest BCUT2D eigenvalue weighted by molar-refractivity contribution is -0.0204. The Morgan fingerprint density at radius 2 is 1.35 bits per heavy atom. The normalized spacial score (nSPS) is 18.6. The van der Waals surface area contributed by atoms with Crippen molar-refractivity contribution in [1.29, 1.82) is 0 Å². The second-order valence-corrected chi connectivity index (χ2v) is 8.53. The molecule has 168 valence electrons. The first kappa shape index (κ1) is 23.5. The number of carbonyl (C=O) groups excluding carboxylic acids is 1. The molecule has 31 heavy (non-hydrogen) atoms. The van der Waals surface area contributed by atoms with E-state index in [1.165, 1.54) is 44.2 Å². The first-order valence-electron chi connectivity index (χ1n) is 11.8. The molecule has 0 unspecified atom stereocenters. The predicted molar refractivity (Wildman–Crippen MR) is 123 cm³/mol. The lowest BCUT2D eigenvalue weighted by Crippen LogP contribution is -2.28. The van der Waals surface area contributed by atoms with Gasteiger partial charge >= 0.3 is 5.97 Å². The van der Waals surface area contributed by atoms with Crippen molar-refractivity contribution in [3.63, 3.8) is 0 Å². The van der Waals surface area contributed by atoms with Crippen LogP contribution in [0.5, 0.6) is 0 Å². The molecule has 0 amide bonds. The highest BCUT2D eigenvalue weighted by atomic mass is 19.1. The maximum Gasteiger partial charge on any atom is 0.338 e. The van der Waals surface area contributed by atoms with Crippen molar-refractivity contribution in [1.82, 2.24) is 0 Å². The van der Waals surface area contributed by atoms with Gasteiger partial charge in [-0.1, -0.05) is 63.3 Å². The third-order valence-corrected chi connectivity index (χ3v) is 6.04. The predicted octanol–water partition coefficient (Wildman–Crippen LogP) is 7.34. The summed E-state index contributed by atoms with van der Waals surface area (Å²) in [5, 5.41) is 0. The van der Waals surface area contributed by atoms with Crippen LogP contribution < -0.4 is 0 Å². The second-order valence-electron chi connectivity index (χ2n) is 8.53. The summed E-state index contributed by atoms with van der Waals surface area (Å²) in [4.78, 5) is 12.5. The highest BCUT2D eigenvalue weighted by Gasteiger charge is 2.24. The van der Waals surface area contributed by atoms with Crippen LogP contribution >= 0.6 is 0 Å². The Labute approximate surface area is 186 Å². The van der Waals surface area contributed by atoms with Crippen LogP contribution in [-0.4, -0.2) is 24.8 Å². The molecule has 0 N–H and O–H groups in total. The van der Waals surface area contributed by atoms with E-state index in [0.29, 0.717) is 11.7 Å². The number of hydrogen-bond donors (Lipinski definition) is 0. The van der Waals surface area contributed by atoms with Gasteiger partial charge in [-0.25, -0.2) is 9.18 Å². The quantitative estimate of drug-likeness (QED) is 0.278. The molecule has 3 rings (SSSR count). The van der Waals surface area contributed by atoms with Gasteiger partial charge in [0.25, 0.3) is 0 Å². The summed E-state index contributed by atoms with van der Waals surface area (Å²) in [6.07, 6.45) is 11.6. The first-order chi connectivity index (χ1) is 15.2. The Kier molecular flexibility index (Phi) is 9.54. The van der Waals surface area contributed by atoms with Gasteiger partial charge in [-0.05, 0) is 67.5 Å². The molecular formula is C27H35FO3. The fourth-order valence-electron chi connectivity index (χ4n) is 4.11. The van der Waals surface area contributed by atoms with Crippen LogP contribution in [0, 0.1) is 5.82 Å². The minimum atomic E-state index is -0.276. The fourth-order valence-corrected chi connectivity index (χ4v) is 4.11. The molecule has 0 heterocycles. The molecule has 0 saturated heterocycles. The molecule has 3 nitrogen and oxygen atoms in total. The summed E-state index contributed by atoms with van der Waals surface area (Å²) < 4.78 is 24.8. The highest BCUT2D eigenvalue weighted by Crippen LogP contribution is 2.25. The lowest BCUT2D eigenvalue weighted by Gasteiger charge is -2.28. The van der Waals surface area contributed by atoms with Gasteiger partial charge in [-0.3, -0.25) is 0 Å². The third kappa shape index (κ3) is 7.77. The fraction of sp³-hybridized carbons (Fsp3) is 0.519. The third-order valence-electron chi connectivity index (χ3n) is 6.04. The summed E-state index contributed by atoms with van der Waals surface area (Å²) in [6.45, 7) is 3.09. The zero-order chi connectivity index (χ0) is 21.9. The maximum absolute atomic E-state index is 13.1. The molecule has 1 fully saturated rings. The molecule has 4 heteroatoms. The number of carbonyl (C=O) groups is 1. The standard InChI is InChI=1S/C27H35FO3/c1-2-3-4-5-6-7-20-30-25-16-18-26(19-17-25)31-27(29)23-10-8-21(9-11-23)22-12-14-24(28)15-13-22/h8-15,25-26H,2-7,16-20H2,1H3/t25-,26-. The van der Waals surface area contributed by atoms with Gasteiger partial charge in [0, 0.05) is 6.61 Å². The van der Waals surface area contributed by atoms with Crippen LogP contribution in [0.2, 0.25) is 0 Å². The van der Waals surface area contributed by atoms with E-state index in [2.05, 4.69) is 6.92 Å². The van der Waals surface area contributed by atoms with Crippen molar-refractivity contribution in [3.8, 4) is 11.1 Å². The molecule has 1 saturated carbocycles. The van der Waals surface area contributed by atoms with Crippen LogP contribution in [0.1, 0.15) is 81.5 Å². The van der Waals surface area contributed by atoms with E-state index in [4.69, 9.17) is 9.47 Å². The van der Waals surface area contributed by atoms with Gasteiger partial charge in [0.2, 0.25) is 0 Å². The second kappa shape index (κ2) is 12.6. The Bertz CT molecular complexity index is 777. The number of benzene rings is 2. The van der Waals surface area contributed by atoms with Gasteiger partial charge in [0.15, 0.2) is 0 Å². The summed E-state index contributed by atoms with van der Waals surface area (Å²) >= 11 is 0. The summed E-state index contributed by atoms with van der Waals surface area (Å²) in [5.74, 6) is -0.534. The molecular weight excluding hydrogens is 391 g/mol. The van der Waals surface area contributed by atoms with E-state index >= 15 is 0 Å². The monoisotopic (exact) mass is 426 g/mol. The average Bonchev–Trinajstić information content (AvgIpc) is 2.80. The molecule has 0 bridgehead atoms. The number of unbranched alkanes of at least 4 members (excludes halogenated alkanes) is 5. The molecule has 0 radical (unpaired) electrons. The Hall–Kier alpha value is -2.20. The summed E-state index contributed by atoms with van der Waals surface area (Å²) in [6, 6.07) is 13.6. The summed E-state index contributed by atoms with van der Waals surface area (Å²) in [7, 11) is 0. The van der Waals surface area contributed by atoms with Crippen LogP contribution in [0.15, 0.2) is 48.5 Å². The van der Waals surface area contributed by atoms with Crippen molar-refractivity contribution < 1.29 is 18.7 Å². The minimum absolute atomic E-state index is 0.0295. The van der Waals surface area contributed by atoms with Gasteiger partial charge in [-0.2, -0.15) is 0 Å². The molecule has 0 spiro atoms. The number of halogens is 1. The van der Waals surface area contributed by atoms with Crippen molar-refractivity contribution in [2.75, 3.05) is 6.61 Å². The largest absolute Gasteiger partial charge is 0.459 e. The van der Waals surface area contributed by atoms with Crippen molar-refractivity contribution in [2.24, 2.45) is 0 Å². The van der Waals surface area contributed by atoms with Gasteiger partial charge in [-0.15, -0.1) is 0 Å². The van der Waals surface area contributed by atoms with Gasteiger partial charge < -0.3 is 9.47 Å². The molecule has 2 aromatic carbocycles. The number of rotatable bonds is 11. The smallest absolute Gasteiger partial charge is 0.338 e. The van der Waals surface area contributed by atoms with Gasteiger partial charge in [0.05, 0.1) is 11.7 Å². The van der Waals surface area contributed by atoms with Crippen LogP contribution in [0.3, 0.4) is 0 Å². The van der Waals surface area contributed by atoms with Crippen LogP contribution in [-0.2, 0) is 9.47 Å². The Morgan fingerprint density at radius 3 is 2.00 bits per heavy atom. The average molecular weight is 427 g/mol. The highest BCUT2D eigenvalue weighted by molar-refractivity contribution is 5.90. The van der Waals surface area contributed by atoms with E-state index in [1.54, 1.807) is 24.3 Å². The van der Waals surface area contributed by atoms with Crippen molar-refractivity contribution >= 4 is 5.97 Å². The summed E-state index contributed by atoms with van der Waals surface area (Å²) in [5.41, 5.74) is 2.41. The molecule has 1 aliphatic rings. The molecule has 0 aliphatic heterocycles. The first-order valence-corrected chi connectivity index (χ1v) is 11.8. The minimum Gasteiger partial charge on any atom is -0.459 e. The molecule has 2 aromatic rings. The number of esters is 1. The molecule has 1 aliphatic carbocycles. The van der Waals surface area contributed by atoms with E-state index in [1.807, 2.05) is 12.1 Å².